The van der Waals surface area contributed by atoms with Gasteiger partial charge in [-0.2, -0.15) is 4.39 Å². The summed E-state index contributed by atoms with van der Waals surface area (Å²) in [6.45, 7) is 3.69. The molecule has 1 heterocycles. The molecule has 0 amide bonds. The van der Waals surface area contributed by atoms with Crippen LogP contribution in [0.4, 0.5) is 8.78 Å². The SMILES string of the molecule is Cc1ccc(CNCCOc2cccc(F)c2F)s1. The molecule has 1 aromatic carbocycles. The van der Waals surface area contributed by atoms with Crippen LogP contribution in [0, 0.1) is 18.6 Å². The number of halogens is 2. The second-order valence-corrected chi connectivity index (χ2v) is 5.46. The maximum atomic E-state index is 13.3. The van der Waals surface area contributed by atoms with Crippen molar-refractivity contribution in [2.75, 3.05) is 13.2 Å². The molecule has 0 spiro atoms. The Bertz CT molecular complexity index is 542. The van der Waals surface area contributed by atoms with E-state index in [0.29, 0.717) is 13.2 Å². The highest BCUT2D eigenvalue weighted by Crippen LogP contribution is 2.18. The number of benzene rings is 1. The largest absolute Gasteiger partial charge is 0.489 e. The Morgan fingerprint density at radius 3 is 2.79 bits per heavy atom. The smallest absolute Gasteiger partial charge is 0.200 e. The van der Waals surface area contributed by atoms with Crippen molar-refractivity contribution in [3.63, 3.8) is 0 Å². The average Bonchev–Trinajstić information content (AvgIpc) is 2.80. The summed E-state index contributed by atoms with van der Waals surface area (Å²) in [6, 6.07) is 8.05. The maximum Gasteiger partial charge on any atom is 0.200 e. The highest BCUT2D eigenvalue weighted by atomic mass is 32.1. The van der Waals surface area contributed by atoms with Gasteiger partial charge in [-0.1, -0.05) is 6.07 Å². The van der Waals surface area contributed by atoms with Crippen LogP contribution in [0.2, 0.25) is 0 Å². The highest BCUT2D eigenvalue weighted by Gasteiger charge is 2.07. The topological polar surface area (TPSA) is 21.3 Å². The number of ether oxygens (including phenoxy) is 1. The van der Waals surface area contributed by atoms with Gasteiger partial charge < -0.3 is 10.1 Å². The Kier molecular flexibility index (Phi) is 4.87. The van der Waals surface area contributed by atoms with E-state index in [0.717, 1.165) is 12.6 Å². The Morgan fingerprint density at radius 1 is 1.21 bits per heavy atom. The number of hydrogen-bond donors (Lipinski definition) is 1. The van der Waals surface area contributed by atoms with E-state index >= 15 is 0 Å². The predicted molar refractivity (Wildman–Crippen MR) is 72.6 cm³/mol. The van der Waals surface area contributed by atoms with E-state index in [1.165, 1.54) is 21.9 Å². The van der Waals surface area contributed by atoms with Crippen molar-refractivity contribution in [2.24, 2.45) is 0 Å². The van der Waals surface area contributed by atoms with Gasteiger partial charge >= 0.3 is 0 Å². The number of aryl methyl sites for hydroxylation is 1. The molecule has 0 fully saturated rings. The van der Waals surface area contributed by atoms with Gasteiger partial charge in [0.25, 0.3) is 0 Å². The van der Waals surface area contributed by atoms with Gasteiger partial charge in [0.05, 0.1) is 0 Å². The van der Waals surface area contributed by atoms with Gasteiger partial charge in [-0.3, -0.25) is 0 Å². The summed E-state index contributed by atoms with van der Waals surface area (Å²) in [5.74, 6) is -1.87. The van der Waals surface area contributed by atoms with E-state index in [1.807, 2.05) is 0 Å². The molecule has 0 atom stereocenters. The molecule has 0 saturated heterocycles. The van der Waals surface area contributed by atoms with Crippen LogP contribution in [0.3, 0.4) is 0 Å². The molecular formula is C14H15F2NOS. The molecule has 0 radical (unpaired) electrons. The van der Waals surface area contributed by atoms with Crippen LogP contribution < -0.4 is 10.1 Å². The molecule has 1 N–H and O–H groups in total. The third-order valence-electron chi connectivity index (χ3n) is 2.55. The standard InChI is InChI=1S/C14H15F2NOS/c1-10-5-6-11(19-10)9-17-7-8-18-13-4-2-3-12(15)14(13)16/h2-6,17H,7-9H2,1H3. The summed E-state index contributed by atoms with van der Waals surface area (Å²) in [4.78, 5) is 2.52. The molecule has 102 valence electrons. The van der Waals surface area contributed by atoms with Crippen molar-refractivity contribution in [3.8, 4) is 5.75 Å². The van der Waals surface area contributed by atoms with E-state index in [9.17, 15) is 8.78 Å². The Morgan fingerprint density at radius 2 is 2.05 bits per heavy atom. The molecule has 0 bridgehead atoms. The minimum absolute atomic E-state index is 0.0474. The van der Waals surface area contributed by atoms with Gasteiger partial charge in [0.15, 0.2) is 11.6 Å². The summed E-state index contributed by atoms with van der Waals surface area (Å²) in [5.41, 5.74) is 0. The van der Waals surface area contributed by atoms with Crippen LogP contribution in [-0.2, 0) is 6.54 Å². The minimum atomic E-state index is -0.934. The monoisotopic (exact) mass is 283 g/mol. The van der Waals surface area contributed by atoms with Gasteiger partial charge in [0.1, 0.15) is 6.61 Å². The first-order chi connectivity index (χ1) is 9.16. The van der Waals surface area contributed by atoms with Gasteiger partial charge in [0.2, 0.25) is 5.82 Å². The van der Waals surface area contributed by atoms with Crippen molar-refractivity contribution in [1.29, 1.82) is 0 Å². The first-order valence-electron chi connectivity index (χ1n) is 5.99. The molecule has 0 aliphatic heterocycles. The third-order valence-corrected chi connectivity index (χ3v) is 3.55. The lowest BCUT2D eigenvalue weighted by atomic mass is 10.3. The van der Waals surface area contributed by atoms with E-state index in [4.69, 9.17) is 4.74 Å². The van der Waals surface area contributed by atoms with Crippen molar-refractivity contribution in [1.82, 2.24) is 5.32 Å². The molecule has 19 heavy (non-hydrogen) atoms. The molecule has 0 unspecified atom stereocenters. The van der Waals surface area contributed by atoms with Crippen molar-refractivity contribution >= 4 is 11.3 Å². The van der Waals surface area contributed by atoms with Crippen molar-refractivity contribution in [3.05, 3.63) is 51.7 Å². The highest BCUT2D eigenvalue weighted by molar-refractivity contribution is 7.11. The Balaban J connectivity index is 1.71. The molecular weight excluding hydrogens is 268 g/mol. The zero-order valence-electron chi connectivity index (χ0n) is 10.6. The van der Waals surface area contributed by atoms with Crippen LogP contribution in [-0.4, -0.2) is 13.2 Å². The summed E-state index contributed by atoms with van der Waals surface area (Å²) >= 11 is 1.73. The number of hydrogen-bond acceptors (Lipinski definition) is 3. The van der Waals surface area contributed by atoms with Crippen LogP contribution in [0.15, 0.2) is 30.3 Å². The molecule has 0 saturated carbocycles. The number of thiophene rings is 1. The lowest BCUT2D eigenvalue weighted by molar-refractivity contribution is 0.293. The van der Waals surface area contributed by atoms with E-state index in [2.05, 4.69) is 24.4 Å². The van der Waals surface area contributed by atoms with E-state index < -0.39 is 11.6 Å². The van der Waals surface area contributed by atoms with Crippen molar-refractivity contribution < 1.29 is 13.5 Å². The normalized spacial score (nSPS) is 10.7. The van der Waals surface area contributed by atoms with Crippen LogP contribution >= 0.6 is 11.3 Å². The molecule has 5 heteroatoms. The molecule has 0 aliphatic carbocycles. The van der Waals surface area contributed by atoms with Gasteiger partial charge in [0, 0.05) is 22.8 Å². The first-order valence-corrected chi connectivity index (χ1v) is 6.81. The summed E-state index contributed by atoms with van der Waals surface area (Å²) < 4.78 is 31.4. The van der Waals surface area contributed by atoms with Gasteiger partial charge in [-0.05, 0) is 31.2 Å². The molecule has 2 rings (SSSR count). The van der Waals surface area contributed by atoms with Crippen LogP contribution in [0.25, 0.3) is 0 Å². The summed E-state index contributed by atoms with van der Waals surface area (Å²) in [6.07, 6.45) is 0. The second-order valence-electron chi connectivity index (χ2n) is 4.09. The Hall–Kier alpha value is -1.46. The van der Waals surface area contributed by atoms with Crippen LogP contribution in [0.1, 0.15) is 9.75 Å². The first kappa shape index (κ1) is 14.0. The summed E-state index contributed by atoms with van der Waals surface area (Å²) in [7, 11) is 0. The zero-order valence-corrected chi connectivity index (χ0v) is 11.4. The second kappa shape index (κ2) is 6.63. The zero-order chi connectivity index (χ0) is 13.7. The van der Waals surface area contributed by atoms with E-state index in [1.54, 1.807) is 11.3 Å². The van der Waals surface area contributed by atoms with Crippen LogP contribution in [0.5, 0.6) is 5.75 Å². The molecule has 0 aliphatic rings. The number of nitrogens with one attached hydrogen (secondary N) is 1. The quantitative estimate of drug-likeness (QED) is 0.819. The lowest BCUT2D eigenvalue weighted by Gasteiger charge is -2.08. The van der Waals surface area contributed by atoms with Crippen molar-refractivity contribution in [2.45, 2.75) is 13.5 Å². The Labute approximate surface area is 115 Å². The third kappa shape index (κ3) is 4.01. The average molecular weight is 283 g/mol. The minimum Gasteiger partial charge on any atom is -0.489 e. The van der Waals surface area contributed by atoms with Gasteiger partial charge in [-0.15, -0.1) is 11.3 Å². The van der Waals surface area contributed by atoms with E-state index in [-0.39, 0.29) is 5.75 Å². The van der Waals surface area contributed by atoms with Gasteiger partial charge in [-0.25, -0.2) is 4.39 Å². The summed E-state index contributed by atoms with van der Waals surface area (Å²) in [5, 5.41) is 3.19. The number of rotatable bonds is 6. The fourth-order valence-electron chi connectivity index (χ4n) is 1.62. The lowest BCUT2D eigenvalue weighted by Crippen LogP contribution is -2.20. The fraction of sp³-hybridized carbons (Fsp3) is 0.286. The molecule has 2 nitrogen and oxygen atoms in total. The fourth-order valence-corrected chi connectivity index (χ4v) is 2.48. The molecule has 2 aromatic rings. The maximum absolute atomic E-state index is 13.3. The molecule has 1 aromatic heterocycles. The predicted octanol–water partition coefficient (Wildman–Crippen LogP) is 3.50.